The molecule has 0 spiro atoms. The third-order valence-corrected chi connectivity index (χ3v) is 2.73. The van der Waals surface area contributed by atoms with E-state index < -0.39 is 0 Å². The molecule has 0 saturated heterocycles. The predicted octanol–water partition coefficient (Wildman–Crippen LogP) is 1.98. The summed E-state index contributed by atoms with van der Waals surface area (Å²) in [6.45, 7) is 0.585. The van der Waals surface area contributed by atoms with Gasteiger partial charge in [0.05, 0.1) is 30.8 Å². The van der Waals surface area contributed by atoms with Crippen LogP contribution in [0.15, 0.2) is 12.4 Å². The number of rotatable bonds is 4. The fraction of sp³-hybridized carbons (Fsp3) is 0.636. The highest BCUT2D eigenvalue weighted by molar-refractivity contribution is 5.29. The first kappa shape index (κ1) is 10.4. The van der Waals surface area contributed by atoms with Crippen LogP contribution in [0.25, 0.3) is 0 Å². The number of nitrogens with one attached hydrogen (secondary N) is 1. The molecule has 0 atom stereocenters. The fourth-order valence-corrected chi connectivity index (χ4v) is 1.82. The third-order valence-electron chi connectivity index (χ3n) is 2.73. The first-order valence-electron chi connectivity index (χ1n) is 5.49. The zero-order valence-electron chi connectivity index (χ0n) is 9.07. The summed E-state index contributed by atoms with van der Waals surface area (Å²) in [7, 11) is 1.83. The van der Waals surface area contributed by atoms with Crippen molar-refractivity contribution in [2.75, 3.05) is 12.4 Å². The van der Waals surface area contributed by atoms with Crippen molar-refractivity contribution in [2.45, 2.75) is 38.4 Å². The smallest absolute Gasteiger partial charge is 0.144 e. The van der Waals surface area contributed by atoms with Crippen molar-refractivity contribution < 1.29 is 4.74 Å². The van der Waals surface area contributed by atoms with Gasteiger partial charge < -0.3 is 10.1 Å². The van der Waals surface area contributed by atoms with E-state index in [1.54, 1.807) is 12.4 Å². The minimum Gasteiger partial charge on any atom is -0.372 e. The molecule has 4 nitrogen and oxygen atoms in total. The molecule has 1 saturated carbocycles. The molecule has 0 bridgehead atoms. The van der Waals surface area contributed by atoms with E-state index in [4.69, 9.17) is 4.74 Å². The van der Waals surface area contributed by atoms with Gasteiger partial charge in [0.25, 0.3) is 0 Å². The Bertz CT molecular complexity index is 293. The predicted molar refractivity (Wildman–Crippen MR) is 58.6 cm³/mol. The van der Waals surface area contributed by atoms with E-state index in [2.05, 4.69) is 15.3 Å². The zero-order chi connectivity index (χ0) is 10.5. The highest BCUT2D eigenvalue weighted by Crippen LogP contribution is 2.21. The van der Waals surface area contributed by atoms with Gasteiger partial charge in [-0.25, -0.2) is 4.98 Å². The van der Waals surface area contributed by atoms with Crippen LogP contribution in [-0.4, -0.2) is 23.1 Å². The molecule has 1 aromatic rings. The summed E-state index contributed by atoms with van der Waals surface area (Å²) in [4.78, 5) is 8.45. The van der Waals surface area contributed by atoms with Gasteiger partial charge in [0.2, 0.25) is 0 Å². The molecule has 0 aliphatic heterocycles. The van der Waals surface area contributed by atoms with Crippen molar-refractivity contribution >= 4 is 5.82 Å². The fourth-order valence-electron chi connectivity index (χ4n) is 1.82. The Morgan fingerprint density at radius 3 is 2.73 bits per heavy atom. The molecular formula is C11H17N3O. The van der Waals surface area contributed by atoms with Crippen molar-refractivity contribution in [1.82, 2.24) is 9.97 Å². The summed E-state index contributed by atoms with van der Waals surface area (Å²) >= 11 is 0. The second kappa shape index (κ2) is 5.07. The Balaban J connectivity index is 1.82. The van der Waals surface area contributed by atoms with E-state index in [1.807, 2.05) is 7.05 Å². The first-order chi connectivity index (χ1) is 7.38. The van der Waals surface area contributed by atoms with Crippen LogP contribution in [0.3, 0.4) is 0 Å². The molecule has 82 valence electrons. The van der Waals surface area contributed by atoms with Gasteiger partial charge in [0, 0.05) is 7.05 Å². The second-order valence-corrected chi connectivity index (χ2v) is 3.86. The van der Waals surface area contributed by atoms with Gasteiger partial charge in [-0.15, -0.1) is 0 Å². The second-order valence-electron chi connectivity index (χ2n) is 3.86. The molecule has 0 aromatic carbocycles. The lowest BCUT2D eigenvalue weighted by atomic mass is 10.3. The van der Waals surface area contributed by atoms with Crippen molar-refractivity contribution in [3.8, 4) is 0 Å². The Morgan fingerprint density at radius 2 is 2.13 bits per heavy atom. The van der Waals surface area contributed by atoms with Gasteiger partial charge in [-0.05, 0) is 12.8 Å². The summed E-state index contributed by atoms with van der Waals surface area (Å²) < 4.78 is 5.74. The lowest BCUT2D eigenvalue weighted by Crippen LogP contribution is -2.08. The molecular weight excluding hydrogens is 190 g/mol. The molecule has 0 radical (unpaired) electrons. The lowest BCUT2D eigenvalue weighted by Gasteiger charge is -2.10. The van der Waals surface area contributed by atoms with Gasteiger partial charge >= 0.3 is 0 Å². The highest BCUT2D eigenvalue weighted by Gasteiger charge is 2.15. The summed E-state index contributed by atoms with van der Waals surface area (Å²) in [6, 6.07) is 0. The van der Waals surface area contributed by atoms with Crippen LogP contribution in [0.4, 0.5) is 5.82 Å². The summed E-state index contributed by atoms with van der Waals surface area (Å²) in [5.41, 5.74) is 0.904. The van der Waals surface area contributed by atoms with Crippen molar-refractivity contribution in [1.29, 1.82) is 0 Å². The molecule has 2 rings (SSSR count). The Kier molecular flexibility index (Phi) is 3.50. The standard InChI is InChI=1S/C11H17N3O/c1-12-11-7-13-9(6-14-11)8-15-10-4-2-3-5-10/h6-7,10H,2-5,8H2,1H3,(H,12,14). The average Bonchev–Trinajstić information content (AvgIpc) is 2.80. The number of nitrogens with zero attached hydrogens (tertiary/aromatic N) is 2. The molecule has 0 amide bonds. The maximum Gasteiger partial charge on any atom is 0.144 e. The van der Waals surface area contributed by atoms with Gasteiger partial charge in [0.15, 0.2) is 0 Å². The van der Waals surface area contributed by atoms with Crippen molar-refractivity contribution in [3.63, 3.8) is 0 Å². The number of hydrogen-bond acceptors (Lipinski definition) is 4. The van der Waals surface area contributed by atoms with E-state index in [1.165, 1.54) is 25.7 Å². The van der Waals surface area contributed by atoms with E-state index in [0.29, 0.717) is 12.7 Å². The van der Waals surface area contributed by atoms with Crippen LogP contribution in [0, 0.1) is 0 Å². The van der Waals surface area contributed by atoms with Crippen molar-refractivity contribution in [2.24, 2.45) is 0 Å². The van der Waals surface area contributed by atoms with E-state index >= 15 is 0 Å². The molecule has 4 heteroatoms. The van der Waals surface area contributed by atoms with E-state index in [9.17, 15) is 0 Å². The van der Waals surface area contributed by atoms with Crippen LogP contribution in [0.5, 0.6) is 0 Å². The lowest BCUT2D eigenvalue weighted by molar-refractivity contribution is 0.0436. The van der Waals surface area contributed by atoms with Gasteiger partial charge in [0.1, 0.15) is 5.82 Å². The van der Waals surface area contributed by atoms with Crippen LogP contribution < -0.4 is 5.32 Å². The topological polar surface area (TPSA) is 47.0 Å². The Labute approximate surface area is 90.1 Å². The molecule has 1 fully saturated rings. The van der Waals surface area contributed by atoms with Crippen LogP contribution in [-0.2, 0) is 11.3 Å². The maximum atomic E-state index is 5.74. The Hall–Kier alpha value is -1.16. The number of anilines is 1. The minimum atomic E-state index is 0.441. The summed E-state index contributed by atoms with van der Waals surface area (Å²) in [5, 5.41) is 2.94. The Morgan fingerprint density at radius 1 is 1.33 bits per heavy atom. The van der Waals surface area contributed by atoms with Gasteiger partial charge in [-0.3, -0.25) is 4.98 Å². The normalized spacial score (nSPS) is 16.9. The molecule has 1 aliphatic rings. The number of hydrogen-bond donors (Lipinski definition) is 1. The zero-order valence-corrected chi connectivity index (χ0v) is 9.07. The van der Waals surface area contributed by atoms with Crippen LogP contribution >= 0.6 is 0 Å². The quantitative estimate of drug-likeness (QED) is 0.820. The SMILES string of the molecule is CNc1cnc(COC2CCCC2)cn1. The molecule has 0 unspecified atom stereocenters. The van der Waals surface area contributed by atoms with Crippen molar-refractivity contribution in [3.05, 3.63) is 18.1 Å². The largest absolute Gasteiger partial charge is 0.372 e. The van der Waals surface area contributed by atoms with Gasteiger partial charge in [-0.2, -0.15) is 0 Å². The monoisotopic (exact) mass is 207 g/mol. The summed E-state index contributed by atoms with van der Waals surface area (Å²) in [6.07, 6.45) is 8.93. The van der Waals surface area contributed by atoms with Crippen LogP contribution in [0.2, 0.25) is 0 Å². The molecule has 15 heavy (non-hydrogen) atoms. The highest BCUT2D eigenvalue weighted by atomic mass is 16.5. The summed E-state index contributed by atoms with van der Waals surface area (Å²) in [5.74, 6) is 0.791. The van der Waals surface area contributed by atoms with E-state index in [0.717, 1.165) is 11.5 Å². The number of ether oxygens (including phenoxy) is 1. The van der Waals surface area contributed by atoms with E-state index in [-0.39, 0.29) is 0 Å². The molecule has 1 aromatic heterocycles. The molecule has 1 heterocycles. The van der Waals surface area contributed by atoms with Gasteiger partial charge in [-0.1, -0.05) is 12.8 Å². The molecule has 1 N–H and O–H groups in total. The average molecular weight is 207 g/mol. The third kappa shape index (κ3) is 2.89. The first-order valence-corrected chi connectivity index (χ1v) is 5.49. The molecule has 1 aliphatic carbocycles. The maximum absolute atomic E-state index is 5.74. The van der Waals surface area contributed by atoms with Crippen LogP contribution in [0.1, 0.15) is 31.4 Å². The number of aromatic nitrogens is 2. The minimum absolute atomic E-state index is 0.441.